The molecule has 2 saturated heterocycles. The second-order valence-corrected chi connectivity index (χ2v) is 13.4. The van der Waals surface area contributed by atoms with Gasteiger partial charge >= 0.3 is 12.1 Å². The highest BCUT2D eigenvalue weighted by molar-refractivity contribution is 5.91. The van der Waals surface area contributed by atoms with Crippen LogP contribution >= 0.6 is 0 Å². The van der Waals surface area contributed by atoms with Crippen LogP contribution < -0.4 is 31.9 Å². The number of alkyl halides is 3. The molecule has 2 aromatic carbocycles. The van der Waals surface area contributed by atoms with E-state index in [9.17, 15) is 47.7 Å². The number of hydrogen-bond donors (Lipinski definition) is 6. The van der Waals surface area contributed by atoms with Gasteiger partial charge in [0.2, 0.25) is 12.2 Å². The number of anilines is 1. The molecule has 56 heavy (non-hydrogen) atoms. The second-order valence-electron chi connectivity index (χ2n) is 13.4. The van der Waals surface area contributed by atoms with E-state index in [0.29, 0.717) is 0 Å². The molecular formula is C36H40F3N5O12. The lowest BCUT2D eigenvalue weighted by Crippen LogP contribution is -2.54. The van der Waals surface area contributed by atoms with E-state index in [1.165, 1.54) is 19.2 Å². The van der Waals surface area contributed by atoms with Crippen molar-refractivity contribution in [2.45, 2.75) is 80.8 Å². The third kappa shape index (κ3) is 9.23. The van der Waals surface area contributed by atoms with Crippen LogP contribution in [0.25, 0.3) is 0 Å². The van der Waals surface area contributed by atoms with Crippen molar-refractivity contribution in [2.24, 2.45) is 5.73 Å². The number of nitrogens with two attached hydrogens (primary N) is 1. The Labute approximate surface area is 316 Å². The molecule has 2 amide bonds. The quantitative estimate of drug-likeness (QED) is 0.144. The van der Waals surface area contributed by atoms with Gasteiger partial charge in [-0.15, -0.1) is 13.2 Å². The molecule has 3 aliphatic rings. The number of nitrogens with one attached hydrogen (secondary N) is 2. The highest BCUT2D eigenvalue weighted by Gasteiger charge is 2.52. The molecule has 2 fully saturated rings. The second kappa shape index (κ2) is 16.9. The fourth-order valence-corrected chi connectivity index (χ4v) is 6.89. The highest BCUT2D eigenvalue weighted by Crippen LogP contribution is 2.35. The monoisotopic (exact) mass is 791 g/mol. The number of carbonyl (C=O) groups excluding carboxylic acids is 2. The summed E-state index contributed by atoms with van der Waals surface area (Å²) in [6.45, 7) is 1.48. The minimum absolute atomic E-state index is 0.0405. The van der Waals surface area contributed by atoms with Crippen molar-refractivity contribution >= 4 is 17.5 Å². The molecule has 1 aromatic heterocycles. The SMILES string of the molecule is COC1C(O)[C@H](n2ccc(=O)[nH]c2=O)O[C@@H]1C(O[C@H]1OC(C(=O)NCc2ccc(N3CCC(c4ccc(OC(F)(F)F)cc4)CC3)cc2)=C[C@H](O)[C@@H]1O)C(N)=O. The highest BCUT2D eigenvalue weighted by atomic mass is 19.4. The average Bonchev–Trinajstić information content (AvgIpc) is 3.48. The van der Waals surface area contributed by atoms with E-state index < -0.39 is 84.3 Å². The Bertz CT molecular complexity index is 2000. The van der Waals surface area contributed by atoms with Crippen molar-refractivity contribution in [3.63, 3.8) is 0 Å². The number of aliphatic hydroxyl groups is 3. The number of rotatable bonds is 12. The molecular weight excluding hydrogens is 751 g/mol. The molecule has 4 heterocycles. The van der Waals surface area contributed by atoms with Gasteiger partial charge in [-0.25, -0.2) is 4.79 Å². The van der Waals surface area contributed by atoms with Gasteiger partial charge in [0.15, 0.2) is 18.1 Å². The van der Waals surface area contributed by atoms with Gasteiger partial charge in [-0.2, -0.15) is 0 Å². The Morgan fingerprint density at radius 1 is 1.02 bits per heavy atom. The largest absolute Gasteiger partial charge is 0.573 e. The fraction of sp³-hybridized carbons (Fsp3) is 0.444. The van der Waals surface area contributed by atoms with Crippen LogP contribution in [0.1, 0.15) is 36.1 Å². The van der Waals surface area contributed by atoms with Crippen molar-refractivity contribution < 1.29 is 61.8 Å². The van der Waals surface area contributed by atoms with Gasteiger partial charge in [-0.1, -0.05) is 24.3 Å². The fourth-order valence-electron chi connectivity index (χ4n) is 6.89. The lowest BCUT2D eigenvalue weighted by molar-refractivity contribution is -0.274. The van der Waals surface area contributed by atoms with Gasteiger partial charge in [0.05, 0.1) is 0 Å². The number of primary amides is 1. The maximum Gasteiger partial charge on any atom is 0.573 e. The number of piperidine rings is 1. The minimum atomic E-state index is -4.75. The van der Waals surface area contributed by atoms with Crippen LogP contribution in [0.15, 0.2) is 82.2 Å². The van der Waals surface area contributed by atoms with Crippen LogP contribution in [0.4, 0.5) is 18.9 Å². The number of H-pyrrole nitrogens is 1. The van der Waals surface area contributed by atoms with Gasteiger partial charge in [0.1, 0.15) is 36.3 Å². The van der Waals surface area contributed by atoms with E-state index in [-0.39, 0.29) is 18.2 Å². The number of halogens is 3. The van der Waals surface area contributed by atoms with E-state index in [2.05, 4.69) is 15.0 Å². The van der Waals surface area contributed by atoms with Gasteiger partial charge < -0.3 is 55.0 Å². The van der Waals surface area contributed by atoms with E-state index in [1.807, 2.05) is 29.2 Å². The Kier molecular flexibility index (Phi) is 12.2. The Balaban J connectivity index is 1.03. The average molecular weight is 792 g/mol. The first-order chi connectivity index (χ1) is 26.6. The van der Waals surface area contributed by atoms with E-state index in [4.69, 9.17) is 24.7 Å². The zero-order chi connectivity index (χ0) is 40.3. The lowest BCUT2D eigenvalue weighted by Gasteiger charge is -2.35. The molecule has 0 bridgehead atoms. The van der Waals surface area contributed by atoms with Crippen LogP contribution in [0.5, 0.6) is 5.75 Å². The summed E-state index contributed by atoms with van der Waals surface area (Å²) in [4.78, 5) is 53.9. The molecule has 20 heteroatoms. The van der Waals surface area contributed by atoms with Crippen molar-refractivity contribution in [1.82, 2.24) is 14.9 Å². The zero-order valence-electron chi connectivity index (χ0n) is 29.7. The molecule has 3 unspecified atom stereocenters. The van der Waals surface area contributed by atoms with Gasteiger partial charge in [0.25, 0.3) is 11.5 Å². The van der Waals surface area contributed by atoms with Crippen molar-refractivity contribution in [1.29, 1.82) is 0 Å². The van der Waals surface area contributed by atoms with E-state index in [1.54, 1.807) is 12.1 Å². The van der Waals surface area contributed by atoms with Crippen molar-refractivity contribution in [3.8, 4) is 5.75 Å². The van der Waals surface area contributed by atoms with Crippen LogP contribution in [0.3, 0.4) is 0 Å². The number of amides is 2. The summed E-state index contributed by atoms with van der Waals surface area (Å²) in [6.07, 6.45) is -14.1. The van der Waals surface area contributed by atoms with Crippen LogP contribution in [0.2, 0.25) is 0 Å². The summed E-state index contributed by atoms with van der Waals surface area (Å²) in [6, 6.07) is 14.4. The maximum absolute atomic E-state index is 13.1. The summed E-state index contributed by atoms with van der Waals surface area (Å²) in [5.41, 5.74) is 6.57. The molecule has 3 aliphatic heterocycles. The van der Waals surface area contributed by atoms with Crippen LogP contribution in [0, 0.1) is 0 Å². The van der Waals surface area contributed by atoms with E-state index >= 15 is 0 Å². The number of aliphatic hydroxyl groups excluding tert-OH is 3. The van der Waals surface area contributed by atoms with Crippen molar-refractivity contribution in [2.75, 3.05) is 25.1 Å². The standard InChI is InChI=1S/C36H40F3N5O12/c1-52-28-27(48)33(44-15-12-25(46)42-35(44)51)54-29(28)30(31(40)49)55-34-26(47)23(45)16-24(53-34)32(50)41-17-18-2-6-21(7-3-18)43-13-10-20(11-14-43)19-4-8-22(9-5-19)56-36(37,38)39/h2-9,12,15-16,20,23,26-30,33-34,45,47-48H,10-11,13-14,17H2,1H3,(H2,40,49)(H,41,50)(H,42,46,51)/t23-,26-,27?,28?,29-,30?,33+,34+/m0/s1. The van der Waals surface area contributed by atoms with Crippen molar-refractivity contribution in [3.05, 3.63) is 105 Å². The molecule has 7 N–H and O–H groups in total. The van der Waals surface area contributed by atoms with Crippen LogP contribution in [-0.2, 0) is 35.1 Å². The number of carbonyl (C=O) groups is 2. The van der Waals surface area contributed by atoms with E-state index in [0.717, 1.165) is 65.7 Å². The lowest BCUT2D eigenvalue weighted by atomic mass is 9.89. The van der Waals surface area contributed by atoms with Gasteiger partial charge in [-0.3, -0.25) is 23.9 Å². The first-order valence-electron chi connectivity index (χ1n) is 17.5. The molecule has 0 aliphatic carbocycles. The number of benzene rings is 2. The number of ether oxygens (including phenoxy) is 5. The summed E-state index contributed by atoms with van der Waals surface area (Å²) < 4.78 is 64.6. The summed E-state index contributed by atoms with van der Waals surface area (Å²) in [5, 5.41) is 34.8. The molecule has 302 valence electrons. The molecule has 0 saturated carbocycles. The zero-order valence-corrected chi connectivity index (χ0v) is 29.7. The number of nitrogens with zero attached hydrogens (tertiary/aromatic N) is 2. The third-order valence-electron chi connectivity index (χ3n) is 9.76. The summed E-state index contributed by atoms with van der Waals surface area (Å²) in [7, 11) is 1.19. The van der Waals surface area contributed by atoms with Gasteiger partial charge in [-0.05, 0) is 60.2 Å². The summed E-state index contributed by atoms with van der Waals surface area (Å²) >= 11 is 0. The normalized spacial score (nSPS) is 26.2. The number of aromatic amines is 1. The predicted molar refractivity (Wildman–Crippen MR) is 187 cm³/mol. The number of methoxy groups -OCH3 is 1. The maximum atomic E-state index is 13.1. The Morgan fingerprint density at radius 3 is 2.30 bits per heavy atom. The smallest absolute Gasteiger partial charge is 0.456 e. The number of hydrogen-bond acceptors (Lipinski definition) is 13. The summed E-state index contributed by atoms with van der Waals surface area (Å²) in [5.74, 6) is -2.47. The number of aromatic nitrogens is 2. The molecule has 8 atom stereocenters. The van der Waals surface area contributed by atoms with Gasteiger partial charge in [0, 0.05) is 44.7 Å². The first-order valence-corrected chi connectivity index (χ1v) is 17.5. The van der Waals surface area contributed by atoms with Crippen LogP contribution in [-0.4, -0.2) is 106 Å². The molecule has 0 spiro atoms. The molecule has 6 rings (SSSR count). The Morgan fingerprint density at radius 2 is 1.70 bits per heavy atom. The molecule has 3 aromatic rings. The predicted octanol–water partition coefficient (Wildman–Crippen LogP) is 0.241. The Hall–Kier alpha value is -5.25. The molecule has 0 radical (unpaired) electrons. The molecule has 17 nitrogen and oxygen atoms in total. The topological polar surface area (TPSA) is 237 Å². The minimum Gasteiger partial charge on any atom is -0.456 e. The third-order valence-corrected chi connectivity index (χ3v) is 9.76. The first kappa shape index (κ1) is 40.4.